The van der Waals surface area contributed by atoms with Gasteiger partial charge in [-0.15, -0.1) is 0 Å². The molecule has 0 radical (unpaired) electrons. The summed E-state index contributed by atoms with van der Waals surface area (Å²) < 4.78 is 11.2. The first-order chi connectivity index (χ1) is 14.9. The highest BCUT2D eigenvalue weighted by Crippen LogP contribution is 2.32. The number of nitrogens with one attached hydrogen (secondary N) is 1. The van der Waals surface area contributed by atoms with Crippen molar-refractivity contribution in [1.82, 2.24) is 5.32 Å². The van der Waals surface area contributed by atoms with Crippen molar-refractivity contribution in [3.8, 4) is 11.5 Å². The normalized spacial score (nSPS) is 14.5. The van der Waals surface area contributed by atoms with Crippen LogP contribution >= 0.6 is 11.8 Å². The van der Waals surface area contributed by atoms with Gasteiger partial charge in [-0.3, -0.25) is 19.7 Å². The molecule has 31 heavy (non-hydrogen) atoms. The van der Waals surface area contributed by atoms with Crippen LogP contribution in [-0.4, -0.2) is 47.5 Å². The maximum absolute atomic E-state index is 13.5. The third-order valence-electron chi connectivity index (χ3n) is 4.85. The van der Waals surface area contributed by atoms with E-state index >= 15 is 0 Å². The third-order valence-corrected chi connectivity index (χ3v) is 5.83. The van der Waals surface area contributed by atoms with Crippen LogP contribution in [0.5, 0.6) is 11.5 Å². The van der Waals surface area contributed by atoms with Crippen LogP contribution in [0.2, 0.25) is 0 Å². The Morgan fingerprint density at radius 1 is 1.06 bits per heavy atom. The standard InChI is InChI=1S/C23H25NO6S/c1-15(25)31-14-18(11-16-7-8-19-20(12-16)30-10-9-29-19)23(28)22(24-13-21(26)27)17-5-3-2-4-6-17/h2-8,12,18,22,24H,9-11,13-14H2,1H3,(H,26,27). The van der Waals surface area contributed by atoms with Gasteiger partial charge < -0.3 is 14.6 Å². The van der Waals surface area contributed by atoms with Gasteiger partial charge in [0.25, 0.3) is 0 Å². The van der Waals surface area contributed by atoms with Crippen molar-refractivity contribution >= 4 is 28.6 Å². The summed E-state index contributed by atoms with van der Waals surface area (Å²) >= 11 is 1.09. The van der Waals surface area contributed by atoms with Crippen LogP contribution in [0.15, 0.2) is 48.5 Å². The summed E-state index contributed by atoms with van der Waals surface area (Å²) in [5.41, 5.74) is 1.57. The van der Waals surface area contributed by atoms with Crippen LogP contribution in [0.25, 0.3) is 0 Å². The number of Topliss-reactive ketones (excluding diaryl/α,β-unsaturated/α-hetero) is 1. The van der Waals surface area contributed by atoms with E-state index in [0.29, 0.717) is 42.4 Å². The van der Waals surface area contributed by atoms with Gasteiger partial charge in [0.1, 0.15) is 13.2 Å². The molecule has 1 aliphatic heterocycles. The highest BCUT2D eigenvalue weighted by atomic mass is 32.2. The molecule has 0 aromatic heterocycles. The lowest BCUT2D eigenvalue weighted by molar-refractivity contribution is -0.136. The first-order valence-electron chi connectivity index (χ1n) is 9.99. The average Bonchev–Trinajstić information content (AvgIpc) is 2.77. The Hall–Kier alpha value is -2.84. The molecule has 0 aliphatic carbocycles. The molecular weight excluding hydrogens is 418 g/mol. The maximum atomic E-state index is 13.5. The minimum Gasteiger partial charge on any atom is -0.486 e. The van der Waals surface area contributed by atoms with E-state index < -0.39 is 17.9 Å². The van der Waals surface area contributed by atoms with Crippen LogP contribution < -0.4 is 14.8 Å². The molecule has 0 fully saturated rings. The number of carboxylic acids is 1. The van der Waals surface area contributed by atoms with E-state index in [-0.39, 0.29) is 17.4 Å². The van der Waals surface area contributed by atoms with Gasteiger partial charge in [0.05, 0.1) is 12.6 Å². The van der Waals surface area contributed by atoms with E-state index in [1.165, 1.54) is 6.92 Å². The smallest absolute Gasteiger partial charge is 0.317 e. The zero-order valence-corrected chi connectivity index (χ0v) is 18.0. The number of ether oxygens (including phenoxy) is 2. The Morgan fingerprint density at radius 3 is 2.45 bits per heavy atom. The average molecular weight is 444 g/mol. The summed E-state index contributed by atoms with van der Waals surface area (Å²) in [6, 6.07) is 13.8. The number of hydrogen-bond donors (Lipinski definition) is 2. The van der Waals surface area contributed by atoms with Gasteiger partial charge in [0.15, 0.2) is 22.4 Å². The summed E-state index contributed by atoms with van der Waals surface area (Å²) in [5.74, 6) is -0.0888. The minimum absolute atomic E-state index is 0.0743. The molecule has 2 aromatic carbocycles. The molecule has 2 N–H and O–H groups in total. The fraction of sp³-hybridized carbons (Fsp3) is 0.348. The number of carboxylic acid groups (broad SMARTS) is 1. The Kier molecular flexibility index (Phi) is 8.08. The molecule has 3 rings (SSSR count). The monoisotopic (exact) mass is 443 g/mol. The number of rotatable bonds is 10. The van der Waals surface area contributed by atoms with E-state index in [9.17, 15) is 14.4 Å². The van der Waals surface area contributed by atoms with Crippen molar-refractivity contribution in [2.45, 2.75) is 19.4 Å². The summed E-state index contributed by atoms with van der Waals surface area (Å²) in [7, 11) is 0. The van der Waals surface area contributed by atoms with Crippen molar-refractivity contribution in [3.05, 3.63) is 59.7 Å². The molecule has 2 unspecified atom stereocenters. The third kappa shape index (κ3) is 6.57. The summed E-state index contributed by atoms with van der Waals surface area (Å²) in [5, 5.41) is 11.9. The Labute approximate surface area is 185 Å². The predicted octanol–water partition coefficient (Wildman–Crippen LogP) is 2.88. The molecule has 2 aromatic rings. The van der Waals surface area contributed by atoms with Gasteiger partial charge in [-0.05, 0) is 29.7 Å². The number of benzene rings is 2. The molecule has 8 heteroatoms. The van der Waals surface area contributed by atoms with E-state index in [1.807, 2.05) is 24.3 Å². The lowest BCUT2D eigenvalue weighted by atomic mass is 9.89. The number of carbonyl (C=O) groups excluding carboxylic acids is 2. The van der Waals surface area contributed by atoms with E-state index in [1.54, 1.807) is 24.3 Å². The number of aliphatic carboxylic acids is 1. The Bertz CT molecular complexity index is 933. The van der Waals surface area contributed by atoms with Crippen LogP contribution in [-0.2, 0) is 20.8 Å². The van der Waals surface area contributed by atoms with Gasteiger partial charge in [0, 0.05) is 18.6 Å². The molecule has 0 saturated heterocycles. The lowest BCUT2D eigenvalue weighted by Crippen LogP contribution is -2.37. The van der Waals surface area contributed by atoms with Crippen molar-refractivity contribution in [3.63, 3.8) is 0 Å². The van der Waals surface area contributed by atoms with E-state index in [0.717, 1.165) is 17.3 Å². The molecule has 2 atom stereocenters. The first kappa shape index (κ1) is 22.8. The molecule has 164 valence electrons. The zero-order chi connectivity index (χ0) is 22.2. The molecular formula is C23H25NO6S. The van der Waals surface area contributed by atoms with Crippen molar-refractivity contribution in [2.24, 2.45) is 5.92 Å². The molecule has 0 saturated carbocycles. The van der Waals surface area contributed by atoms with Crippen LogP contribution in [0, 0.1) is 5.92 Å². The Morgan fingerprint density at radius 2 is 1.77 bits per heavy atom. The minimum atomic E-state index is -1.05. The van der Waals surface area contributed by atoms with Crippen molar-refractivity contribution < 1.29 is 29.0 Å². The number of ketones is 1. The molecule has 7 nitrogen and oxygen atoms in total. The molecule has 1 heterocycles. The second-order valence-electron chi connectivity index (χ2n) is 7.20. The number of carbonyl (C=O) groups is 3. The van der Waals surface area contributed by atoms with Crippen LogP contribution in [0.3, 0.4) is 0 Å². The maximum Gasteiger partial charge on any atom is 0.317 e. The number of hydrogen-bond acceptors (Lipinski definition) is 7. The molecule has 1 aliphatic rings. The summed E-state index contributed by atoms with van der Waals surface area (Å²) in [6.45, 7) is 2.08. The van der Waals surface area contributed by atoms with Crippen molar-refractivity contribution in [2.75, 3.05) is 25.5 Å². The van der Waals surface area contributed by atoms with E-state index in [4.69, 9.17) is 14.6 Å². The summed E-state index contributed by atoms with van der Waals surface area (Å²) in [6.07, 6.45) is 0.397. The van der Waals surface area contributed by atoms with Gasteiger partial charge >= 0.3 is 5.97 Å². The number of thioether (sulfide) groups is 1. The lowest BCUT2D eigenvalue weighted by Gasteiger charge is -2.24. The van der Waals surface area contributed by atoms with Gasteiger partial charge in [0.2, 0.25) is 0 Å². The largest absolute Gasteiger partial charge is 0.486 e. The van der Waals surface area contributed by atoms with Crippen LogP contribution in [0.1, 0.15) is 24.1 Å². The fourth-order valence-electron chi connectivity index (χ4n) is 3.41. The van der Waals surface area contributed by atoms with Crippen molar-refractivity contribution in [1.29, 1.82) is 0 Å². The fourth-order valence-corrected chi connectivity index (χ4v) is 4.13. The second-order valence-corrected chi connectivity index (χ2v) is 8.40. The molecule has 0 bridgehead atoms. The highest BCUT2D eigenvalue weighted by Gasteiger charge is 2.29. The highest BCUT2D eigenvalue weighted by molar-refractivity contribution is 8.13. The quantitative estimate of drug-likeness (QED) is 0.578. The number of fused-ring (bicyclic) bond motifs is 1. The topological polar surface area (TPSA) is 102 Å². The summed E-state index contributed by atoms with van der Waals surface area (Å²) in [4.78, 5) is 36.2. The van der Waals surface area contributed by atoms with Crippen LogP contribution in [0.4, 0.5) is 0 Å². The first-order valence-corrected chi connectivity index (χ1v) is 11.0. The predicted molar refractivity (Wildman–Crippen MR) is 118 cm³/mol. The SMILES string of the molecule is CC(=O)SCC(Cc1ccc2c(c1)OCCO2)C(=O)C(NCC(=O)O)c1ccccc1. The van der Waals surface area contributed by atoms with Gasteiger partial charge in [-0.2, -0.15) is 0 Å². The van der Waals surface area contributed by atoms with E-state index in [2.05, 4.69) is 5.32 Å². The molecule has 0 amide bonds. The van der Waals surface area contributed by atoms with Gasteiger partial charge in [-0.1, -0.05) is 48.2 Å². The Balaban J connectivity index is 1.85. The van der Waals surface area contributed by atoms with Gasteiger partial charge in [-0.25, -0.2) is 0 Å². The zero-order valence-electron chi connectivity index (χ0n) is 17.2. The second kappa shape index (κ2) is 11.0. The molecule has 0 spiro atoms.